The lowest BCUT2D eigenvalue weighted by Crippen LogP contribution is -2.07. The van der Waals surface area contributed by atoms with Crippen molar-refractivity contribution in [3.05, 3.63) is 32.6 Å². The Morgan fingerprint density at radius 2 is 2.17 bits per heavy atom. The minimum Gasteiger partial charge on any atom is -0.364 e. The molecule has 0 atom stereocenters. The van der Waals surface area contributed by atoms with Gasteiger partial charge >= 0.3 is 0 Å². The van der Waals surface area contributed by atoms with Gasteiger partial charge < -0.3 is 5.32 Å². The molecule has 2 rings (SSSR count). The fraction of sp³-hybridized carbons (Fsp3) is 0.273. The topological polar surface area (TPSA) is 67.8 Å². The molecule has 0 spiro atoms. The molecule has 0 saturated heterocycles. The maximum absolute atomic E-state index is 11.0. The zero-order valence-electron chi connectivity index (χ0n) is 9.90. The van der Waals surface area contributed by atoms with Crippen molar-refractivity contribution < 1.29 is 4.79 Å². The number of nitrogens with zero attached hydrogens (tertiary/aromatic N) is 3. The smallest absolute Gasteiger partial charge is 0.156 e. The van der Waals surface area contributed by atoms with Crippen LogP contribution in [0, 0.1) is 13.8 Å². The predicted molar refractivity (Wildman–Crippen MR) is 71.3 cm³/mol. The third-order valence-corrected chi connectivity index (χ3v) is 3.34. The van der Waals surface area contributed by atoms with Crippen molar-refractivity contribution in [2.75, 3.05) is 5.32 Å². The molecule has 0 aliphatic carbocycles. The molecule has 2 aromatic heterocycles. The van der Waals surface area contributed by atoms with E-state index in [0.717, 1.165) is 10.7 Å². The van der Waals surface area contributed by atoms with Crippen molar-refractivity contribution in [3.8, 4) is 0 Å². The molecule has 0 fully saturated rings. The summed E-state index contributed by atoms with van der Waals surface area (Å²) in [6.07, 6.45) is 0.649. The second kappa shape index (κ2) is 5.41. The fourth-order valence-electron chi connectivity index (χ4n) is 1.45. The first-order valence-corrected chi connectivity index (χ1v) is 6.50. The van der Waals surface area contributed by atoms with Crippen LogP contribution >= 0.6 is 22.9 Å². The van der Waals surface area contributed by atoms with Gasteiger partial charge in [0.05, 0.1) is 22.8 Å². The number of nitrogens with one attached hydrogen (secondary N) is 1. The highest BCUT2D eigenvalue weighted by Crippen LogP contribution is 2.19. The highest BCUT2D eigenvalue weighted by molar-refractivity contribution is 7.09. The number of carbonyl (C=O) groups excluding carboxylic acids is 1. The van der Waals surface area contributed by atoms with Gasteiger partial charge in [-0.05, 0) is 13.8 Å². The van der Waals surface area contributed by atoms with E-state index in [-0.39, 0.29) is 10.7 Å². The number of halogens is 1. The number of rotatable bonds is 4. The van der Waals surface area contributed by atoms with Crippen LogP contribution in [0.25, 0.3) is 0 Å². The van der Waals surface area contributed by atoms with Gasteiger partial charge in [0.15, 0.2) is 6.29 Å². The monoisotopic (exact) mass is 282 g/mol. The molecule has 5 nitrogen and oxygen atoms in total. The van der Waals surface area contributed by atoms with Crippen molar-refractivity contribution in [2.24, 2.45) is 0 Å². The first-order chi connectivity index (χ1) is 8.60. The summed E-state index contributed by atoms with van der Waals surface area (Å²) in [7, 11) is 0. The van der Waals surface area contributed by atoms with Crippen LogP contribution in [-0.2, 0) is 6.54 Å². The molecule has 0 amide bonds. The third kappa shape index (κ3) is 2.83. The van der Waals surface area contributed by atoms with Crippen LogP contribution in [0.2, 0.25) is 5.15 Å². The lowest BCUT2D eigenvalue weighted by Gasteiger charge is -2.08. The van der Waals surface area contributed by atoms with Crippen LogP contribution in [0.3, 0.4) is 0 Å². The largest absolute Gasteiger partial charge is 0.364 e. The van der Waals surface area contributed by atoms with Crippen molar-refractivity contribution >= 4 is 35.0 Å². The van der Waals surface area contributed by atoms with E-state index >= 15 is 0 Å². The Morgan fingerprint density at radius 3 is 2.78 bits per heavy atom. The van der Waals surface area contributed by atoms with E-state index in [4.69, 9.17) is 11.6 Å². The van der Waals surface area contributed by atoms with Crippen LogP contribution in [0.4, 0.5) is 5.82 Å². The molecule has 0 aliphatic heterocycles. The van der Waals surface area contributed by atoms with Crippen molar-refractivity contribution in [1.82, 2.24) is 15.0 Å². The van der Waals surface area contributed by atoms with Crippen LogP contribution in [0.15, 0.2) is 5.38 Å². The molecule has 0 radical (unpaired) electrons. The summed E-state index contributed by atoms with van der Waals surface area (Å²) in [6, 6.07) is 0. The minimum atomic E-state index is 0.162. The van der Waals surface area contributed by atoms with Crippen molar-refractivity contribution in [2.45, 2.75) is 20.4 Å². The summed E-state index contributed by atoms with van der Waals surface area (Å²) >= 11 is 7.46. The Morgan fingerprint density at radius 1 is 1.39 bits per heavy atom. The second-order valence-electron chi connectivity index (χ2n) is 3.65. The standard InChI is InChI=1S/C11H11ClN4OS/c1-6-14-10(12)9(4-17)11(15-6)13-3-8-5-18-7(2)16-8/h4-5H,3H2,1-2H3,(H,13,14,15). The molecule has 18 heavy (non-hydrogen) atoms. The van der Waals surface area contributed by atoms with Gasteiger partial charge in [0.25, 0.3) is 0 Å². The first-order valence-electron chi connectivity index (χ1n) is 5.24. The van der Waals surface area contributed by atoms with Gasteiger partial charge in [-0.2, -0.15) is 0 Å². The van der Waals surface area contributed by atoms with Crippen LogP contribution < -0.4 is 5.32 Å². The zero-order valence-corrected chi connectivity index (χ0v) is 11.5. The van der Waals surface area contributed by atoms with E-state index in [1.165, 1.54) is 0 Å². The van der Waals surface area contributed by atoms with E-state index < -0.39 is 0 Å². The van der Waals surface area contributed by atoms with E-state index in [9.17, 15) is 4.79 Å². The average Bonchev–Trinajstić information content (AvgIpc) is 2.72. The average molecular weight is 283 g/mol. The SMILES string of the molecule is Cc1nc(Cl)c(C=O)c(NCc2csc(C)n2)n1. The Bertz CT molecular complexity index is 584. The molecule has 0 bridgehead atoms. The van der Waals surface area contributed by atoms with Crippen LogP contribution in [0.1, 0.15) is 26.9 Å². The number of thiazole rings is 1. The lowest BCUT2D eigenvalue weighted by molar-refractivity contribution is 0.112. The highest BCUT2D eigenvalue weighted by atomic mass is 35.5. The summed E-state index contributed by atoms with van der Waals surface area (Å²) < 4.78 is 0. The van der Waals surface area contributed by atoms with E-state index in [2.05, 4.69) is 20.3 Å². The molecule has 0 aromatic carbocycles. The highest BCUT2D eigenvalue weighted by Gasteiger charge is 2.11. The van der Waals surface area contributed by atoms with Gasteiger partial charge in [0, 0.05) is 5.38 Å². The minimum absolute atomic E-state index is 0.162. The number of aromatic nitrogens is 3. The molecule has 7 heteroatoms. The maximum atomic E-state index is 11.0. The van der Waals surface area contributed by atoms with Gasteiger partial charge in [-0.3, -0.25) is 4.79 Å². The molecule has 94 valence electrons. The number of hydrogen-bond donors (Lipinski definition) is 1. The Hall–Kier alpha value is -1.53. The molecule has 1 N–H and O–H groups in total. The fourth-order valence-corrected chi connectivity index (χ4v) is 2.32. The van der Waals surface area contributed by atoms with E-state index in [0.29, 0.717) is 24.5 Å². The van der Waals surface area contributed by atoms with Gasteiger partial charge in [0.2, 0.25) is 0 Å². The summed E-state index contributed by atoms with van der Waals surface area (Å²) in [4.78, 5) is 23.4. The summed E-state index contributed by atoms with van der Waals surface area (Å²) in [6.45, 7) is 4.16. The Kier molecular flexibility index (Phi) is 3.88. The van der Waals surface area contributed by atoms with E-state index in [1.807, 2.05) is 12.3 Å². The molecule has 0 saturated carbocycles. The predicted octanol–water partition coefficient (Wildman–Crippen LogP) is 2.63. The number of carbonyl (C=O) groups is 1. The number of aryl methyl sites for hydroxylation is 2. The third-order valence-electron chi connectivity index (χ3n) is 2.23. The van der Waals surface area contributed by atoms with Gasteiger partial charge in [-0.1, -0.05) is 11.6 Å². The second-order valence-corrected chi connectivity index (χ2v) is 5.07. The van der Waals surface area contributed by atoms with Crippen molar-refractivity contribution in [3.63, 3.8) is 0 Å². The Labute approximate surface area is 113 Å². The summed E-state index contributed by atoms with van der Waals surface area (Å²) in [5.74, 6) is 0.954. The molecule has 2 heterocycles. The summed E-state index contributed by atoms with van der Waals surface area (Å²) in [5.41, 5.74) is 1.18. The number of anilines is 1. The molecule has 2 aromatic rings. The van der Waals surface area contributed by atoms with Gasteiger partial charge in [-0.15, -0.1) is 11.3 Å². The Balaban J connectivity index is 2.20. The normalized spacial score (nSPS) is 10.4. The maximum Gasteiger partial charge on any atom is 0.156 e. The zero-order chi connectivity index (χ0) is 13.1. The van der Waals surface area contributed by atoms with Gasteiger partial charge in [0.1, 0.15) is 16.8 Å². The van der Waals surface area contributed by atoms with Crippen LogP contribution in [-0.4, -0.2) is 21.2 Å². The molecule has 0 unspecified atom stereocenters. The summed E-state index contributed by atoms with van der Waals surface area (Å²) in [5, 5.41) is 6.17. The molecule has 0 aliphatic rings. The van der Waals surface area contributed by atoms with E-state index in [1.54, 1.807) is 18.3 Å². The van der Waals surface area contributed by atoms with Crippen LogP contribution in [0.5, 0.6) is 0 Å². The first kappa shape index (κ1) is 12.9. The number of aldehydes is 1. The molecular weight excluding hydrogens is 272 g/mol. The number of hydrogen-bond acceptors (Lipinski definition) is 6. The quantitative estimate of drug-likeness (QED) is 0.690. The lowest BCUT2D eigenvalue weighted by atomic mass is 10.3. The van der Waals surface area contributed by atoms with Gasteiger partial charge in [-0.25, -0.2) is 15.0 Å². The molecular formula is C11H11ClN4OS. The van der Waals surface area contributed by atoms with Crippen molar-refractivity contribution in [1.29, 1.82) is 0 Å².